The Hall–Kier alpha value is -3.65. The van der Waals surface area contributed by atoms with Crippen molar-refractivity contribution < 1.29 is 9.90 Å². The van der Waals surface area contributed by atoms with Gasteiger partial charge >= 0.3 is 0 Å². The van der Waals surface area contributed by atoms with Gasteiger partial charge in [-0.05, 0) is 79.8 Å². The zero-order valence-electron chi connectivity index (χ0n) is 31.8. The van der Waals surface area contributed by atoms with Crippen molar-refractivity contribution in [2.24, 2.45) is 22.7 Å². The van der Waals surface area contributed by atoms with Gasteiger partial charge in [0.1, 0.15) is 6.29 Å². The molecule has 0 saturated carbocycles. The summed E-state index contributed by atoms with van der Waals surface area (Å²) in [7, 11) is 0. The highest BCUT2D eigenvalue weighted by molar-refractivity contribution is 5.62. The number of fused-ring (bicyclic) bond motifs is 2. The number of aliphatic hydroxyl groups is 1. The van der Waals surface area contributed by atoms with Gasteiger partial charge < -0.3 is 19.7 Å². The summed E-state index contributed by atoms with van der Waals surface area (Å²) in [6, 6.07) is 42.8. The van der Waals surface area contributed by atoms with Crippen LogP contribution < -0.4 is 0 Å². The number of piperidine rings is 2. The summed E-state index contributed by atoms with van der Waals surface area (Å²) >= 11 is 0. The van der Waals surface area contributed by atoms with E-state index in [1.165, 1.54) is 35.0 Å². The predicted octanol–water partition coefficient (Wildman–Crippen LogP) is 6.69. The molecule has 0 radical (unpaired) electrons. The number of rotatable bonds is 12. The lowest BCUT2D eigenvalue weighted by atomic mass is 9.70. The molecule has 53 heavy (non-hydrogen) atoms. The summed E-state index contributed by atoms with van der Waals surface area (Å²) in [6.07, 6.45) is 5.51. The van der Waals surface area contributed by atoms with Gasteiger partial charge in [-0.3, -0.25) is 9.80 Å². The number of hydrogen-bond donors (Lipinski definition) is 1. The second-order valence-corrected chi connectivity index (χ2v) is 16.6. The zero-order valence-corrected chi connectivity index (χ0v) is 31.8. The molecule has 8 rings (SSSR count). The number of hydrogen-bond acceptors (Lipinski definition) is 6. The van der Waals surface area contributed by atoms with Crippen molar-refractivity contribution in [3.8, 4) is 0 Å². The van der Waals surface area contributed by atoms with Crippen LogP contribution in [0.15, 0.2) is 121 Å². The fourth-order valence-electron chi connectivity index (χ4n) is 9.94. The highest BCUT2D eigenvalue weighted by atomic mass is 16.3. The minimum Gasteiger partial charge on any atom is -0.393 e. The Morgan fingerprint density at radius 3 is 1.47 bits per heavy atom. The van der Waals surface area contributed by atoms with Gasteiger partial charge in [-0.15, -0.1) is 0 Å². The van der Waals surface area contributed by atoms with Gasteiger partial charge in [0.15, 0.2) is 0 Å². The second-order valence-electron chi connectivity index (χ2n) is 16.6. The molecule has 0 aliphatic carbocycles. The molecule has 6 nitrogen and oxygen atoms in total. The van der Waals surface area contributed by atoms with E-state index < -0.39 is 0 Å². The average molecular weight is 713 g/mol. The van der Waals surface area contributed by atoms with Crippen LogP contribution in [0.4, 0.5) is 0 Å². The SMILES string of the molecule is CC(O)C12CN(CCc3ccccc3)CCC1CN(Cc1ccccc1)C2.O=CC12CN(CCc3ccccc3)CCC1CN(Cc1ccccc1)C2. The number of benzene rings is 4. The monoisotopic (exact) mass is 712 g/mol. The van der Waals surface area contributed by atoms with Gasteiger partial charge in [0.05, 0.1) is 11.5 Å². The maximum absolute atomic E-state index is 12.1. The van der Waals surface area contributed by atoms with Crippen LogP contribution in [0.1, 0.15) is 42.0 Å². The number of carbonyl (C=O) groups excluding carboxylic acids is 1. The largest absolute Gasteiger partial charge is 0.393 e. The molecule has 1 N–H and O–H groups in total. The van der Waals surface area contributed by atoms with E-state index in [2.05, 4.69) is 141 Å². The first-order chi connectivity index (χ1) is 25.9. The van der Waals surface area contributed by atoms with E-state index in [1.807, 2.05) is 6.92 Å². The summed E-state index contributed by atoms with van der Waals surface area (Å²) in [6.45, 7) is 14.4. The Labute approximate surface area is 318 Å². The molecule has 4 aromatic carbocycles. The van der Waals surface area contributed by atoms with Crippen LogP contribution in [0, 0.1) is 22.7 Å². The fraction of sp³-hybridized carbons (Fsp3) is 0.468. The lowest BCUT2D eigenvalue weighted by Crippen LogP contribution is -2.54. The Morgan fingerprint density at radius 2 is 0.981 bits per heavy atom. The molecular formula is C47H60N4O2. The number of aliphatic hydroxyl groups excluding tert-OH is 1. The van der Waals surface area contributed by atoms with E-state index in [1.54, 1.807) is 0 Å². The van der Waals surface area contributed by atoms with Gasteiger partial charge in [0.2, 0.25) is 0 Å². The molecule has 0 spiro atoms. The highest BCUT2D eigenvalue weighted by Gasteiger charge is 2.52. The third-order valence-electron chi connectivity index (χ3n) is 12.9. The maximum Gasteiger partial charge on any atom is 0.129 e. The molecular weight excluding hydrogens is 653 g/mol. The van der Waals surface area contributed by atoms with E-state index in [9.17, 15) is 9.90 Å². The van der Waals surface area contributed by atoms with Crippen molar-refractivity contribution in [3.63, 3.8) is 0 Å². The molecule has 0 aromatic heterocycles. The minimum absolute atomic E-state index is 0.0176. The maximum atomic E-state index is 12.1. The normalized spacial score (nSPS) is 27.0. The summed E-state index contributed by atoms with van der Waals surface area (Å²) in [4.78, 5) is 22.3. The van der Waals surface area contributed by atoms with E-state index in [0.29, 0.717) is 11.8 Å². The molecule has 4 fully saturated rings. The van der Waals surface area contributed by atoms with Gasteiger partial charge in [-0.25, -0.2) is 0 Å². The lowest BCUT2D eigenvalue weighted by Gasteiger charge is -2.46. The Morgan fingerprint density at radius 1 is 0.585 bits per heavy atom. The number of nitrogens with zero attached hydrogens (tertiary/aromatic N) is 4. The summed E-state index contributed by atoms with van der Waals surface area (Å²) in [5, 5.41) is 10.8. The van der Waals surface area contributed by atoms with Crippen molar-refractivity contribution in [3.05, 3.63) is 144 Å². The molecule has 6 heteroatoms. The standard InChI is InChI=1S/C24H32N2O.C23H28N2O/c1-20(27)24-18-25(14-12-21-8-4-2-5-9-21)15-13-23(24)17-26(19-24)16-22-10-6-3-7-11-22;26-19-23-17-24(13-11-20-7-3-1-4-8-20)14-12-22(23)16-25(18-23)15-21-9-5-2-6-10-21/h2-11,20,23,27H,12-19H2,1H3;1-10,19,22H,11-18H2. The first kappa shape index (κ1) is 37.7. The molecule has 4 aliphatic heterocycles. The Bertz CT molecular complexity index is 1690. The van der Waals surface area contributed by atoms with Gasteiger partial charge in [-0.2, -0.15) is 0 Å². The summed E-state index contributed by atoms with van der Waals surface area (Å²) in [5.41, 5.74) is 5.34. The Balaban J connectivity index is 0.000000164. The molecule has 0 amide bonds. The third-order valence-corrected chi connectivity index (χ3v) is 12.9. The number of aldehydes is 1. The summed E-state index contributed by atoms with van der Waals surface area (Å²) < 4.78 is 0. The quantitative estimate of drug-likeness (QED) is 0.166. The molecule has 4 aromatic rings. The van der Waals surface area contributed by atoms with Crippen molar-refractivity contribution in [1.29, 1.82) is 0 Å². The smallest absolute Gasteiger partial charge is 0.129 e. The van der Waals surface area contributed by atoms with Gasteiger partial charge in [-0.1, -0.05) is 121 Å². The van der Waals surface area contributed by atoms with E-state index in [-0.39, 0.29) is 16.9 Å². The Kier molecular flexibility index (Phi) is 12.5. The minimum atomic E-state index is -0.261. The predicted molar refractivity (Wildman–Crippen MR) is 215 cm³/mol. The molecule has 0 bridgehead atoms. The van der Waals surface area contributed by atoms with Crippen LogP contribution in [0.3, 0.4) is 0 Å². The van der Waals surface area contributed by atoms with E-state index in [0.717, 1.165) is 97.8 Å². The van der Waals surface area contributed by atoms with Crippen LogP contribution in [-0.2, 0) is 30.7 Å². The van der Waals surface area contributed by atoms with Crippen molar-refractivity contribution in [2.75, 3.05) is 65.4 Å². The topological polar surface area (TPSA) is 50.3 Å². The molecule has 4 saturated heterocycles. The molecule has 4 aliphatic rings. The van der Waals surface area contributed by atoms with Crippen LogP contribution in [0.2, 0.25) is 0 Å². The van der Waals surface area contributed by atoms with Gasteiger partial charge in [0, 0.05) is 70.9 Å². The fourth-order valence-corrected chi connectivity index (χ4v) is 9.94. The van der Waals surface area contributed by atoms with E-state index >= 15 is 0 Å². The molecule has 5 atom stereocenters. The lowest BCUT2D eigenvalue weighted by molar-refractivity contribution is -0.120. The molecule has 4 heterocycles. The molecule has 280 valence electrons. The zero-order chi connectivity index (χ0) is 36.5. The third kappa shape index (κ3) is 9.36. The van der Waals surface area contributed by atoms with Crippen molar-refractivity contribution in [2.45, 2.75) is 51.8 Å². The van der Waals surface area contributed by atoms with Gasteiger partial charge in [0.25, 0.3) is 0 Å². The number of likely N-dealkylation sites (tertiary alicyclic amines) is 4. The highest BCUT2D eigenvalue weighted by Crippen LogP contribution is 2.45. The van der Waals surface area contributed by atoms with Crippen LogP contribution in [-0.4, -0.2) is 103 Å². The van der Waals surface area contributed by atoms with E-state index in [4.69, 9.17) is 0 Å². The second kappa shape index (κ2) is 17.7. The first-order valence-electron chi connectivity index (χ1n) is 20.1. The van der Waals surface area contributed by atoms with Crippen molar-refractivity contribution >= 4 is 6.29 Å². The number of carbonyl (C=O) groups is 1. The molecule has 5 unspecified atom stereocenters. The van der Waals surface area contributed by atoms with Crippen LogP contribution in [0.25, 0.3) is 0 Å². The first-order valence-corrected chi connectivity index (χ1v) is 20.1. The average Bonchev–Trinajstić information content (AvgIpc) is 3.76. The summed E-state index contributed by atoms with van der Waals surface area (Å²) in [5.74, 6) is 1.12. The van der Waals surface area contributed by atoms with Crippen LogP contribution in [0.5, 0.6) is 0 Å². The van der Waals surface area contributed by atoms with Crippen molar-refractivity contribution in [1.82, 2.24) is 19.6 Å². The van der Waals surface area contributed by atoms with Crippen LogP contribution >= 0.6 is 0 Å².